The number of aliphatic imine (C=N–C) groups is 1. The minimum absolute atomic E-state index is 0.0136. The van der Waals surface area contributed by atoms with Crippen LogP contribution in [-0.2, 0) is 11.2 Å². The molecule has 0 spiro atoms. The van der Waals surface area contributed by atoms with E-state index < -0.39 is 11.6 Å². The van der Waals surface area contributed by atoms with Crippen LogP contribution in [0, 0.1) is 11.6 Å². The Labute approximate surface area is 149 Å². The maximum Gasteiger partial charge on any atom is 0.167 e. The molecule has 4 rings (SSSR count). The summed E-state index contributed by atoms with van der Waals surface area (Å²) >= 11 is 0. The van der Waals surface area contributed by atoms with E-state index in [1.165, 1.54) is 18.2 Å². The van der Waals surface area contributed by atoms with Gasteiger partial charge >= 0.3 is 0 Å². The van der Waals surface area contributed by atoms with Gasteiger partial charge in [0, 0.05) is 24.6 Å². The summed E-state index contributed by atoms with van der Waals surface area (Å²) in [7, 11) is 1.57. The largest absolute Gasteiger partial charge is 0.497 e. The first kappa shape index (κ1) is 16.4. The van der Waals surface area contributed by atoms with Crippen molar-refractivity contribution in [3.05, 3.63) is 82.6 Å². The van der Waals surface area contributed by atoms with E-state index in [-0.39, 0.29) is 17.8 Å². The lowest BCUT2D eigenvalue weighted by atomic mass is 9.99. The molecule has 1 heterocycles. The number of benzene rings is 2. The zero-order valence-corrected chi connectivity index (χ0v) is 14.1. The predicted octanol–water partition coefficient (Wildman–Crippen LogP) is 4.26. The van der Waals surface area contributed by atoms with E-state index in [0.29, 0.717) is 23.5 Å². The maximum atomic E-state index is 13.9. The first-order chi connectivity index (χ1) is 12.6. The monoisotopic (exact) mass is 351 g/mol. The van der Waals surface area contributed by atoms with Crippen molar-refractivity contribution in [2.75, 3.05) is 7.11 Å². The molecule has 0 bridgehead atoms. The number of hydrogen-bond acceptors (Lipinski definition) is 3. The van der Waals surface area contributed by atoms with E-state index in [2.05, 4.69) is 4.99 Å². The number of rotatable bonds is 3. The molecule has 0 saturated carbocycles. The number of ketones is 1. The van der Waals surface area contributed by atoms with E-state index in [9.17, 15) is 13.6 Å². The first-order valence-corrected chi connectivity index (χ1v) is 8.19. The summed E-state index contributed by atoms with van der Waals surface area (Å²) in [4.78, 5) is 16.5. The third-order valence-electron chi connectivity index (χ3n) is 4.60. The molecule has 3 nitrogen and oxygen atoms in total. The second-order valence-corrected chi connectivity index (χ2v) is 6.23. The Morgan fingerprint density at radius 2 is 1.88 bits per heavy atom. The highest BCUT2D eigenvalue weighted by Crippen LogP contribution is 2.34. The summed E-state index contributed by atoms with van der Waals surface area (Å²) in [6.07, 6.45) is 3.92. The molecule has 5 heteroatoms. The van der Waals surface area contributed by atoms with Gasteiger partial charge in [0.25, 0.3) is 0 Å². The summed E-state index contributed by atoms with van der Waals surface area (Å²) in [5, 5.41) is 0. The first-order valence-electron chi connectivity index (χ1n) is 8.19. The van der Waals surface area contributed by atoms with E-state index in [1.54, 1.807) is 19.4 Å². The number of nitrogens with zero attached hydrogens (tertiary/aromatic N) is 1. The quantitative estimate of drug-likeness (QED) is 0.775. The second-order valence-electron chi connectivity index (χ2n) is 6.23. The second kappa shape index (κ2) is 6.33. The van der Waals surface area contributed by atoms with Crippen LogP contribution in [-0.4, -0.2) is 18.6 Å². The molecule has 0 unspecified atom stereocenters. The summed E-state index contributed by atoms with van der Waals surface area (Å²) in [5.74, 6) is -0.592. The van der Waals surface area contributed by atoms with Crippen molar-refractivity contribution in [2.45, 2.75) is 12.8 Å². The predicted molar refractivity (Wildman–Crippen MR) is 95.3 cm³/mol. The van der Waals surface area contributed by atoms with Crippen LogP contribution in [0.15, 0.2) is 59.2 Å². The van der Waals surface area contributed by atoms with Gasteiger partial charge in [-0.2, -0.15) is 0 Å². The van der Waals surface area contributed by atoms with E-state index >= 15 is 0 Å². The number of carbonyl (C=O) groups excluding carboxylic acids is 1. The molecule has 1 aliphatic heterocycles. The average Bonchev–Trinajstić information content (AvgIpc) is 3.20. The molecule has 26 heavy (non-hydrogen) atoms. The Kier molecular flexibility index (Phi) is 3.99. The Balaban J connectivity index is 1.63. The van der Waals surface area contributed by atoms with Gasteiger partial charge in [-0.05, 0) is 47.0 Å². The Hall–Kier alpha value is -3.08. The number of carbonyl (C=O) groups is 1. The van der Waals surface area contributed by atoms with Crippen LogP contribution in [0.1, 0.15) is 23.1 Å². The van der Waals surface area contributed by atoms with Crippen LogP contribution in [0.2, 0.25) is 0 Å². The third-order valence-corrected chi connectivity index (χ3v) is 4.60. The summed E-state index contributed by atoms with van der Waals surface area (Å²) in [6, 6.07) is 9.28. The lowest BCUT2D eigenvalue weighted by Gasteiger charge is -2.06. The van der Waals surface area contributed by atoms with Crippen LogP contribution in [0.3, 0.4) is 0 Å². The lowest BCUT2D eigenvalue weighted by molar-refractivity contribution is -0.112. The fourth-order valence-electron chi connectivity index (χ4n) is 3.31. The lowest BCUT2D eigenvalue weighted by Crippen LogP contribution is -2.05. The number of methoxy groups -OCH3 is 1. The van der Waals surface area contributed by atoms with Crippen molar-refractivity contribution in [1.29, 1.82) is 0 Å². The normalized spacial score (nSPS) is 17.3. The van der Waals surface area contributed by atoms with Crippen molar-refractivity contribution in [3.8, 4) is 5.75 Å². The summed E-state index contributed by atoms with van der Waals surface area (Å²) in [5.41, 5.74) is 3.31. The van der Waals surface area contributed by atoms with Gasteiger partial charge in [-0.1, -0.05) is 12.1 Å². The van der Waals surface area contributed by atoms with Gasteiger partial charge < -0.3 is 4.74 Å². The fraction of sp³-hybridized carbons (Fsp3) is 0.143. The van der Waals surface area contributed by atoms with E-state index in [1.807, 2.05) is 18.2 Å². The molecule has 130 valence electrons. The van der Waals surface area contributed by atoms with Gasteiger partial charge in [0.1, 0.15) is 17.4 Å². The van der Waals surface area contributed by atoms with Crippen molar-refractivity contribution in [1.82, 2.24) is 0 Å². The topological polar surface area (TPSA) is 38.7 Å². The number of halogens is 2. The molecule has 2 aliphatic rings. The van der Waals surface area contributed by atoms with Crippen molar-refractivity contribution in [2.24, 2.45) is 4.99 Å². The van der Waals surface area contributed by atoms with E-state index in [0.717, 1.165) is 16.7 Å². The Bertz CT molecular complexity index is 998. The highest BCUT2D eigenvalue weighted by Gasteiger charge is 2.26. The standard InChI is InChI=1S/C21H15F2NO2/c1-26-14-6-5-13-9-20(25)16(15(13)10-14)7-12-8-19(24-11-12)21-17(22)3-2-4-18(21)23/h2-7,10-11H,8-9H2,1H3/b16-7-. The molecule has 0 fully saturated rings. The van der Waals surface area contributed by atoms with Gasteiger partial charge in [-0.3, -0.25) is 9.79 Å². The number of Topliss-reactive ketones (excluding diaryl/α,β-unsaturated/α-hetero) is 1. The molecule has 0 saturated heterocycles. The molecular formula is C21H15F2NO2. The number of hydrogen-bond donors (Lipinski definition) is 0. The minimum Gasteiger partial charge on any atom is -0.497 e. The molecule has 0 amide bonds. The molecule has 0 radical (unpaired) electrons. The third kappa shape index (κ3) is 2.75. The fourth-order valence-corrected chi connectivity index (χ4v) is 3.31. The number of ether oxygens (including phenoxy) is 1. The van der Waals surface area contributed by atoms with Gasteiger partial charge in [-0.15, -0.1) is 0 Å². The van der Waals surface area contributed by atoms with Crippen LogP contribution in [0.5, 0.6) is 5.75 Å². The molecule has 2 aromatic carbocycles. The summed E-state index contributed by atoms with van der Waals surface area (Å²) in [6.45, 7) is 0. The number of fused-ring (bicyclic) bond motifs is 1. The van der Waals surface area contributed by atoms with Crippen LogP contribution < -0.4 is 4.74 Å². The zero-order valence-electron chi connectivity index (χ0n) is 14.1. The Morgan fingerprint density at radius 1 is 1.12 bits per heavy atom. The zero-order chi connectivity index (χ0) is 18.3. The van der Waals surface area contributed by atoms with Gasteiger partial charge in [0.2, 0.25) is 0 Å². The molecule has 0 N–H and O–H groups in total. The molecule has 1 aliphatic carbocycles. The highest BCUT2D eigenvalue weighted by atomic mass is 19.1. The van der Waals surface area contributed by atoms with Crippen LogP contribution in [0.25, 0.3) is 5.57 Å². The molecular weight excluding hydrogens is 336 g/mol. The van der Waals surface area contributed by atoms with E-state index in [4.69, 9.17) is 4.74 Å². The minimum atomic E-state index is -0.641. The molecule has 2 aromatic rings. The summed E-state index contributed by atoms with van der Waals surface area (Å²) < 4.78 is 33.1. The van der Waals surface area contributed by atoms with Crippen molar-refractivity contribution < 1.29 is 18.3 Å². The smallest absolute Gasteiger partial charge is 0.167 e. The maximum absolute atomic E-state index is 13.9. The van der Waals surface area contributed by atoms with Gasteiger partial charge in [-0.25, -0.2) is 8.78 Å². The van der Waals surface area contributed by atoms with Crippen LogP contribution >= 0.6 is 0 Å². The molecule has 0 atom stereocenters. The Morgan fingerprint density at radius 3 is 2.62 bits per heavy atom. The highest BCUT2D eigenvalue weighted by molar-refractivity contribution is 6.26. The number of allylic oxidation sites excluding steroid dienone is 3. The van der Waals surface area contributed by atoms with Gasteiger partial charge in [0.15, 0.2) is 5.78 Å². The van der Waals surface area contributed by atoms with Crippen molar-refractivity contribution in [3.63, 3.8) is 0 Å². The van der Waals surface area contributed by atoms with Gasteiger partial charge in [0.05, 0.1) is 18.4 Å². The van der Waals surface area contributed by atoms with Crippen molar-refractivity contribution >= 4 is 17.1 Å². The van der Waals surface area contributed by atoms with Crippen LogP contribution in [0.4, 0.5) is 8.78 Å². The molecule has 0 aromatic heterocycles. The average molecular weight is 351 g/mol. The SMILES string of the molecule is COc1ccc2c(c1)/C(=C/C1=CN=C(c3c(F)cccc3F)C1)C(=O)C2.